The average Bonchev–Trinajstić information content (AvgIpc) is 3.62. The highest BCUT2D eigenvalue weighted by Gasteiger charge is 2.36. The van der Waals surface area contributed by atoms with Crippen molar-refractivity contribution in [3.8, 4) is 50.6 Å². The molecule has 3 heteroatoms. The molecule has 0 amide bonds. The highest BCUT2D eigenvalue weighted by atomic mass is 15.0. The Kier molecular flexibility index (Phi) is 6.22. The summed E-state index contributed by atoms with van der Waals surface area (Å²) in [5.74, 6) is 0.719. The Hall–Kier alpha value is -6.32. The summed E-state index contributed by atoms with van der Waals surface area (Å²) in [6.45, 7) is 4.70. The molecule has 236 valence electrons. The third kappa shape index (κ3) is 4.30. The number of hydrogen-bond acceptors (Lipinski definition) is 2. The lowest BCUT2D eigenvalue weighted by molar-refractivity contribution is 0.661. The van der Waals surface area contributed by atoms with E-state index in [9.17, 15) is 0 Å². The number of fused-ring (bicyclic) bond motifs is 7. The van der Waals surface area contributed by atoms with E-state index in [1.165, 1.54) is 55.2 Å². The molecule has 1 aliphatic rings. The Morgan fingerprint density at radius 2 is 1.08 bits per heavy atom. The summed E-state index contributed by atoms with van der Waals surface area (Å²) < 4.78 is 2.41. The van der Waals surface area contributed by atoms with E-state index in [0.717, 1.165) is 39.2 Å². The molecular weight excluding hydrogens is 607 g/mol. The van der Waals surface area contributed by atoms with Gasteiger partial charge < -0.3 is 4.57 Å². The SMILES string of the molecule is CC1(C)c2ccccc2-c2cc3c(cc21)c1ccccc1n3-c1ccc(-c2nc(-c3ccc(-c4ccccc4)cc3)c3ccccc3n2)cc1. The van der Waals surface area contributed by atoms with Crippen LogP contribution in [0.4, 0.5) is 0 Å². The molecule has 0 saturated carbocycles. The molecule has 0 atom stereocenters. The van der Waals surface area contributed by atoms with Gasteiger partial charge in [-0.05, 0) is 81.9 Å². The van der Waals surface area contributed by atoms with Gasteiger partial charge in [-0.3, -0.25) is 0 Å². The van der Waals surface area contributed by atoms with Gasteiger partial charge in [-0.1, -0.05) is 129 Å². The van der Waals surface area contributed by atoms with Crippen LogP contribution < -0.4 is 0 Å². The first kappa shape index (κ1) is 28.7. The quantitative estimate of drug-likeness (QED) is 0.192. The van der Waals surface area contributed by atoms with Crippen LogP contribution in [0.2, 0.25) is 0 Å². The molecule has 50 heavy (non-hydrogen) atoms. The lowest BCUT2D eigenvalue weighted by atomic mass is 9.82. The van der Waals surface area contributed by atoms with Crippen molar-refractivity contribution in [2.75, 3.05) is 0 Å². The van der Waals surface area contributed by atoms with E-state index in [-0.39, 0.29) is 5.41 Å². The molecule has 0 spiro atoms. The molecule has 1 aliphatic carbocycles. The zero-order valence-corrected chi connectivity index (χ0v) is 27.9. The summed E-state index contributed by atoms with van der Waals surface area (Å²) in [6.07, 6.45) is 0. The van der Waals surface area contributed by atoms with E-state index < -0.39 is 0 Å². The number of para-hydroxylation sites is 2. The summed E-state index contributed by atoms with van der Waals surface area (Å²) >= 11 is 0. The van der Waals surface area contributed by atoms with Gasteiger partial charge in [-0.15, -0.1) is 0 Å². The normalized spacial score (nSPS) is 13.2. The summed E-state index contributed by atoms with van der Waals surface area (Å²) in [7, 11) is 0. The van der Waals surface area contributed by atoms with Crippen molar-refractivity contribution in [1.82, 2.24) is 14.5 Å². The average molecular weight is 640 g/mol. The van der Waals surface area contributed by atoms with Crippen molar-refractivity contribution < 1.29 is 0 Å². The lowest BCUT2D eigenvalue weighted by Gasteiger charge is -2.21. The van der Waals surface area contributed by atoms with Crippen LogP contribution in [-0.2, 0) is 5.41 Å². The topological polar surface area (TPSA) is 30.7 Å². The van der Waals surface area contributed by atoms with Crippen LogP contribution in [0.15, 0.2) is 164 Å². The molecule has 0 saturated heterocycles. The molecule has 9 aromatic rings. The third-order valence-electron chi connectivity index (χ3n) is 10.6. The van der Waals surface area contributed by atoms with Crippen LogP contribution >= 0.6 is 0 Å². The van der Waals surface area contributed by atoms with Crippen LogP contribution in [0.1, 0.15) is 25.0 Å². The van der Waals surface area contributed by atoms with Gasteiger partial charge in [0.25, 0.3) is 0 Å². The van der Waals surface area contributed by atoms with Crippen LogP contribution in [0.3, 0.4) is 0 Å². The van der Waals surface area contributed by atoms with E-state index in [1.807, 2.05) is 12.1 Å². The van der Waals surface area contributed by atoms with E-state index in [2.05, 4.69) is 170 Å². The smallest absolute Gasteiger partial charge is 0.160 e. The molecule has 0 bridgehead atoms. The Morgan fingerprint density at radius 3 is 1.90 bits per heavy atom. The van der Waals surface area contributed by atoms with E-state index >= 15 is 0 Å². The Bertz CT molecular complexity index is 2750. The maximum Gasteiger partial charge on any atom is 0.160 e. The molecule has 0 radical (unpaired) electrons. The van der Waals surface area contributed by atoms with Crippen molar-refractivity contribution in [3.05, 3.63) is 175 Å². The Labute approximate surface area is 291 Å². The number of aromatic nitrogens is 3. The van der Waals surface area contributed by atoms with Crippen molar-refractivity contribution in [1.29, 1.82) is 0 Å². The summed E-state index contributed by atoms with van der Waals surface area (Å²) in [5, 5.41) is 3.59. The first-order valence-corrected chi connectivity index (χ1v) is 17.3. The van der Waals surface area contributed by atoms with Gasteiger partial charge in [0.15, 0.2) is 5.82 Å². The fourth-order valence-corrected chi connectivity index (χ4v) is 8.08. The second-order valence-corrected chi connectivity index (χ2v) is 13.8. The van der Waals surface area contributed by atoms with Crippen LogP contribution in [0.5, 0.6) is 0 Å². The van der Waals surface area contributed by atoms with Crippen LogP contribution in [0.25, 0.3) is 83.3 Å². The highest BCUT2D eigenvalue weighted by molar-refractivity contribution is 6.11. The number of hydrogen-bond donors (Lipinski definition) is 0. The van der Waals surface area contributed by atoms with Gasteiger partial charge >= 0.3 is 0 Å². The van der Waals surface area contributed by atoms with Crippen molar-refractivity contribution in [2.45, 2.75) is 19.3 Å². The highest BCUT2D eigenvalue weighted by Crippen LogP contribution is 2.51. The summed E-state index contributed by atoms with van der Waals surface area (Å²) in [5.41, 5.74) is 15.2. The number of benzene rings is 7. The monoisotopic (exact) mass is 639 g/mol. The number of rotatable bonds is 4. The second kappa shape index (κ2) is 10.8. The fourth-order valence-electron chi connectivity index (χ4n) is 8.08. The molecule has 0 N–H and O–H groups in total. The Morgan fingerprint density at radius 1 is 0.440 bits per heavy atom. The van der Waals surface area contributed by atoms with E-state index in [4.69, 9.17) is 9.97 Å². The zero-order valence-electron chi connectivity index (χ0n) is 27.9. The predicted molar refractivity (Wildman–Crippen MR) is 208 cm³/mol. The van der Waals surface area contributed by atoms with Gasteiger partial charge in [0.2, 0.25) is 0 Å². The Balaban J connectivity index is 1.09. The molecule has 0 aliphatic heterocycles. The van der Waals surface area contributed by atoms with Crippen LogP contribution in [0, 0.1) is 0 Å². The minimum atomic E-state index is -0.0480. The first-order valence-electron chi connectivity index (χ1n) is 17.3. The van der Waals surface area contributed by atoms with E-state index in [1.54, 1.807) is 0 Å². The maximum atomic E-state index is 5.19. The zero-order chi connectivity index (χ0) is 33.4. The largest absolute Gasteiger partial charge is 0.309 e. The van der Waals surface area contributed by atoms with Gasteiger partial charge in [-0.25, -0.2) is 9.97 Å². The summed E-state index contributed by atoms with van der Waals surface area (Å²) in [6, 6.07) is 58.7. The van der Waals surface area contributed by atoms with Crippen molar-refractivity contribution in [2.24, 2.45) is 0 Å². The molecule has 0 fully saturated rings. The third-order valence-corrected chi connectivity index (χ3v) is 10.6. The lowest BCUT2D eigenvalue weighted by Crippen LogP contribution is -2.14. The molecular formula is C47H33N3. The second-order valence-electron chi connectivity index (χ2n) is 13.8. The van der Waals surface area contributed by atoms with E-state index in [0.29, 0.717) is 0 Å². The van der Waals surface area contributed by atoms with Crippen molar-refractivity contribution >= 4 is 32.7 Å². The van der Waals surface area contributed by atoms with Gasteiger partial charge in [0.05, 0.1) is 22.2 Å². The van der Waals surface area contributed by atoms with Crippen molar-refractivity contribution in [3.63, 3.8) is 0 Å². The maximum absolute atomic E-state index is 5.19. The molecule has 2 aromatic heterocycles. The molecule has 3 nitrogen and oxygen atoms in total. The molecule has 0 unspecified atom stereocenters. The fraction of sp³-hybridized carbons (Fsp3) is 0.0638. The number of nitrogens with zero attached hydrogens (tertiary/aromatic N) is 3. The molecule has 7 aromatic carbocycles. The minimum Gasteiger partial charge on any atom is -0.309 e. The summed E-state index contributed by atoms with van der Waals surface area (Å²) in [4.78, 5) is 10.2. The minimum absolute atomic E-state index is 0.0480. The molecule has 10 rings (SSSR count). The first-order chi connectivity index (χ1) is 24.5. The van der Waals surface area contributed by atoms with Crippen LogP contribution in [-0.4, -0.2) is 14.5 Å². The predicted octanol–water partition coefficient (Wildman–Crippen LogP) is 12.0. The molecule has 2 heterocycles. The van der Waals surface area contributed by atoms with Gasteiger partial charge in [0, 0.05) is 38.4 Å². The van der Waals surface area contributed by atoms with Gasteiger partial charge in [0.1, 0.15) is 0 Å². The van der Waals surface area contributed by atoms with Gasteiger partial charge in [-0.2, -0.15) is 0 Å². The standard InChI is InChI=1S/C47H33N3/c1-47(2)40-17-9-6-14-35(40)38-29-44-39(28-41(38)47)36-15-8-11-19-43(36)50(44)34-26-24-33(25-27-34)46-48-42-18-10-7-16-37(42)45(49-46)32-22-20-31(21-23-32)30-12-4-3-5-13-30/h3-29H,1-2H3.